The van der Waals surface area contributed by atoms with E-state index in [1.54, 1.807) is 23.5 Å². The Bertz CT molecular complexity index is 545. The van der Waals surface area contributed by atoms with Gasteiger partial charge in [0.05, 0.1) is 6.04 Å². The number of hydrogen-bond donors (Lipinski definition) is 1. The summed E-state index contributed by atoms with van der Waals surface area (Å²) in [6.45, 7) is 4.15. The molecule has 1 atom stereocenters. The molecule has 0 aliphatic carbocycles. The van der Waals surface area contributed by atoms with Crippen molar-refractivity contribution in [2.75, 3.05) is 7.05 Å². The van der Waals surface area contributed by atoms with Gasteiger partial charge in [-0.15, -0.1) is 11.3 Å². The average molecular weight is 284 g/mol. The fraction of sp³-hybridized carbons (Fsp3) is 0.286. The van der Waals surface area contributed by atoms with Crippen molar-refractivity contribution < 1.29 is 4.39 Å². The van der Waals surface area contributed by atoms with Crippen molar-refractivity contribution in [1.29, 1.82) is 0 Å². The highest BCUT2D eigenvalue weighted by molar-refractivity contribution is 7.12. The maximum Gasteiger partial charge on any atom is 0.129 e. The van der Waals surface area contributed by atoms with Gasteiger partial charge >= 0.3 is 0 Å². The SMILES string of the molecule is CNC(c1cc(C)c(C)s1)c1ccc(Cl)cc1F. The molecule has 1 nitrogen and oxygen atoms in total. The van der Waals surface area contributed by atoms with E-state index in [4.69, 9.17) is 11.6 Å². The van der Waals surface area contributed by atoms with E-state index in [2.05, 4.69) is 25.2 Å². The first kappa shape index (κ1) is 13.5. The molecule has 2 aromatic rings. The van der Waals surface area contributed by atoms with Gasteiger partial charge in [0.15, 0.2) is 0 Å². The zero-order valence-electron chi connectivity index (χ0n) is 10.6. The molecule has 1 heterocycles. The van der Waals surface area contributed by atoms with Crippen molar-refractivity contribution in [3.8, 4) is 0 Å². The molecule has 0 fully saturated rings. The maximum atomic E-state index is 14.0. The van der Waals surface area contributed by atoms with Crippen molar-refractivity contribution in [2.24, 2.45) is 0 Å². The minimum atomic E-state index is -0.273. The molecule has 0 spiro atoms. The first-order valence-electron chi connectivity index (χ1n) is 5.72. The van der Waals surface area contributed by atoms with Crippen LogP contribution in [0.5, 0.6) is 0 Å². The van der Waals surface area contributed by atoms with E-state index in [1.807, 2.05) is 7.05 Å². The van der Waals surface area contributed by atoms with E-state index in [9.17, 15) is 4.39 Å². The summed E-state index contributed by atoms with van der Waals surface area (Å²) in [5.41, 5.74) is 1.87. The summed E-state index contributed by atoms with van der Waals surface area (Å²) in [7, 11) is 1.84. The molecule has 0 radical (unpaired) electrons. The summed E-state index contributed by atoms with van der Waals surface area (Å²) < 4.78 is 14.0. The van der Waals surface area contributed by atoms with Crippen LogP contribution in [0.2, 0.25) is 5.02 Å². The lowest BCUT2D eigenvalue weighted by Gasteiger charge is -2.16. The third-order valence-corrected chi connectivity index (χ3v) is 4.48. The van der Waals surface area contributed by atoms with Gasteiger partial charge in [0.25, 0.3) is 0 Å². The molecule has 0 saturated heterocycles. The molecule has 1 aromatic carbocycles. The van der Waals surface area contributed by atoms with Crippen molar-refractivity contribution in [3.63, 3.8) is 0 Å². The Hall–Kier alpha value is -0.900. The molecule has 0 aliphatic rings. The first-order chi connectivity index (χ1) is 8.52. The molecular formula is C14H15ClFNS. The lowest BCUT2D eigenvalue weighted by molar-refractivity contribution is 0.579. The predicted octanol–water partition coefficient (Wildman–Crippen LogP) is 4.47. The molecule has 2 rings (SSSR count). The van der Waals surface area contributed by atoms with Crippen molar-refractivity contribution in [2.45, 2.75) is 19.9 Å². The van der Waals surface area contributed by atoms with Crippen molar-refractivity contribution >= 4 is 22.9 Å². The van der Waals surface area contributed by atoms with Gasteiger partial charge in [-0.2, -0.15) is 0 Å². The van der Waals surface area contributed by atoms with Crippen LogP contribution in [0.15, 0.2) is 24.3 Å². The minimum absolute atomic E-state index is 0.125. The van der Waals surface area contributed by atoms with Gasteiger partial charge in [0.1, 0.15) is 5.82 Å². The highest BCUT2D eigenvalue weighted by atomic mass is 35.5. The molecule has 1 unspecified atom stereocenters. The standard InChI is InChI=1S/C14H15ClFNS/c1-8-6-13(18-9(8)2)14(17-3)11-5-4-10(15)7-12(11)16/h4-7,14,17H,1-3H3. The van der Waals surface area contributed by atoms with E-state index < -0.39 is 0 Å². The number of benzene rings is 1. The second-order valence-corrected chi connectivity index (χ2v) is 6.00. The van der Waals surface area contributed by atoms with Crippen LogP contribution < -0.4 is 5.32 Å². The number of nitrogens with one attached hydrogen (secondary N) is 1. The highest BCUT2D eigenvalue weighted by Gasteiger charge is 2.18. The average Bonchev–Trinajstić information content (AvgIpc) is 2.63. The lowest BCUT2D eigenvalue weighted by atomic mass is 10.0. The molecular weight excluding hydrogens is 269 g/mol. The molecule has 0 bridgehead atoms. The molecule has 1 N–H and O–H groups in total. The predicted molar refractivity (Wildman–Crippen MR) is 76.1 cm³/mol. The summed E-state index contributed by atoms with van der Waals surface area (Å²) in [5, 5.41) is 3.58. The van der Waals surface area contributed by atoms with Gasteiger partial charge < -0.3 is 5.32 Å². The topological polar surface area (TPSA) is 12.0 Å². The smallest absolute Gasteiger partial charge is 0.129 e. The number of rotatable bonds is 3. The number of halogens is 2. The molecule has 96 valence electrons. The molecule has 18 heavy (non-hydrogen) atoms. The van der Waals surface area contributed by atoms with E-state index in [-0.39, 0.29) is 11.9 Å². The van der Waals surface area contributed by atoms with Crippen LogP contribution in [-0.4, -0.2) is 7.05 Å². The quantitative estimate of drug-likeness (QED) is 0.876. The highest BCUT2D eigenvalue weighted by Crippen LogP contribution is 2.32. The van der Waals surface area contributed by atoms with Crippen LogP contribution in [-0.2, 0) is 0 Å². The van der Waals surface area contributed by atoms with Crippen LogP contribution in [0.4, 0.5) is 4.39 Å². The van der Waals surface area contributed by atoms with E-state index in [1.165, 1.54) is 16.5 Å². The third-order valence-electron chi connectivity index (χ3n) is 3.03. The second kappa shape index (κ2) is 5.39. The van der Waals surface area contributed by atoms with E-state index in [0.717, 1.165) is 4.88 Å². The first-order valence-corrected chi connectivity index (χ1v) is 6.91. The van der Waals surface area contributed by atoms with Crippen LogP contribution >= 0.6 is 22.9 Å². The van der Waals surface area contributed by atoms with Crippen LogP contribution in [0, 0.1) is 19.7 Å². The molecule has 0 saturated carbocycles. The molecule has 1 aromatic heterocycles. The van der Waals surface area contributed by atoms with E-state index in [0.29, 0.717) is 10.6 Å². The van der Waals surface area contributed by atoms with Gasteiger partial charge in [0, 0.05) is 20.3 Å². The Labute approximate surface area is 116 Å². The number of aryl methyl sites for hydroxylation is 2. The van der Waals surface area contributed by atoms with Crippen LogP contribution in [0.3, 0.4) is 0 Å². The number of thiophene rings is 1. The van der Waals surface area contributed by atoms with Gasteiger partial charge in [-0.3, -0.25) is 0 Å². The molecule has 0 aliphatic heterocycles. The fourth-order valence-corrected chi connectivity index (χ4v) is 3.26. The Balaban J connectivity index is 2.45. The maximum absolute atomic E-state index is 14.0. The Morgan fingerprint density at radius 2 is 2.00 bits per heavy atom. The van der Waals surface area contributed by atoms with Crippen LogP contribution in [0.1, 0.15) is 26.9 Å². The summed E-state index contributed by atoms with van der Waals surface area (Å²) in [6.07, 6.45) is 0. The second-order valence-electron chi connectivity index (χ2n) is 4.28. The van der Waals surface area contributed by atoms with Gasteiger partial charge in [-0.05, 0) is 44.7 Å². The van der Waals surface area contributed by atoms with Crippen molar-refractivity contribution in [1.82, 2.24) is 5.32 Å². The Kier molecular flexibility index (Phi) is 4.05. The largest absolute Gasteiger partial charge is 0.309 e. The Morgan fingerprint density at radius 1 is 1.28 bits per heavy atom. The van der Waals surface area contributed by atoms with Crippen molar-refractivity contribution in [3.05, 3.63) is 56.0 Å². The summed E-state index contributed by atoms with van der Waals surface area (Å²) in [6, 6.07) is 6.80. The normalized spacial score (nSPS) is 12.7. The minimum Gasteiger partial charge on any atom is -0.309 e. The van der Waals surface area contributed by atoms with Gasteiger partial charge in [-0.1, -0.05) is 17.7 Å². The lowest BCUT2D eigenvalue weighted by Crippen LogP contribution is -2.17. The summed E-state index contributed by atoms with van der Waals surface area (Å²) in [4.78, 5) is 2.38. The summed E-state index contributed by atoms with van der Waals surface area (Å²) >= 11 is 7.47. The zero-order valence-corrected chi connectivity index (χ0v) is 12.1. The molecule has 4 heteroatoms. The van der Waals surface area contributed by atoms with Crippen LogP contribution in [0.25, 0.3) is 0 Å². The van der Waals surface area contributed by atoms with Gasteiger partial charge in [-0.25, -0.2) is 4.39 Å². The zero-order chi connectivity index (χ0) is 13.3. The Morgan fingerprint density at radius 3 is 2.50 bits per heavy atom. The monoisotopic (exact) mass is 283 g/mol. The summed E-state index contributed by atoms with van der Waals surface area (Å²) in [5.74, 6) is -0.273. The van der Waals surface area contributed by atoms with Gasteiger partial charge in [0.2, 0.25) is 0 Å². The fourth-order valence-electron chi connectivity index (χ4n) is 1.93. The number of hydrogen-bond acceptors (Lipinski definition) is 2. The van der Waals surface area contributed by atoms with E-state index >= 15 is 0 Å². The molecule has 0 amide bonds. The third kappa shape index (κ3) is 2.58.